The second-order valence-corrected chi connectivity index (χ2v) is 6.90. The molecular weight excluding hydrogens is 314 g/mol. The predicted molar refractivity (Wildman–Crippen MR) is 114 cm³/mol. The van der Waals surface area contributed by atoms with Gasteiger partial charge in [-0.15, -0.1) is 0 Å². The first-order valence-electron chi connectivity index (χ1n) is 9.66. The Morgan fingerprint density at radius 1 is 0.692 bits per heavy atom. The van der Waals surface area contributed by atoms with Crippen LogP contribution in [-0.4, -0.2) is 7.05 Å². The van der Waals surface area contributed by atoms with E-state index in [1.165, 1.54) is 45.6 Å². The van der Waals surface area contributed by atoms with E-state index in [-0.39, 0.29) is 0 Å². The molecule has 3 aromatic rings. The van der Waals surface area contributed by atoms with Gasteiger partial charge in [-0.25, -0.2) is 0 Å². The molecule has 0 saturated heterocycles. The number of hydrogen-bond acceptors (Lipinski definition) is 1. The minimum absolute atomic E-state index is 1.04. The number of hydrogen-bond donors (Lipinski definition) is 0. The van der Waals surface area contributed by atoms with E-state index in [4.69, 9.17) is 0 Å². The molecule has 3 aromatic carbocycles. The molecule has 26 heavy (non-hydrogen) atoms. The van der Waals surface area contributed by atoms with Crippen molar-refractivity contribution in [2.75, 3.05) is 11.9 Å². The van der Waals surface area contributed by atoms with Crippen LogP contribution in [0.15, 0.2) is 66.7 Å². The molecule has 0 N–H and O–H groups in total. The highest BCUT2D eigenvalue weighted by Gasteiger charge is 2.14. The van der Waals surface area contributed by atoms with Crippen LogP contribution in [0.4, 0.5) is 11.4 Å². The molecule has 0 radical (unpaired) electrons. The fraction of sp³-hybridized carbons (Fsp3) is 0.280. The third kappa shape index (κ3) is 3.53. The van der Waals surface area contributed by atoms with Gasteiger partial charge in [-0.05, 0) is 59.7 Å². The average molecular weight is 344 g/mol. The first-order chi connectivity index (χ1) is 12.7. The Hall–Kier alpha value is -2.54. The van der Waals surface area contributed by atoms with Crippen LogP contribution in [0.25, 0.3) is 11.1 Å². The Labute approximate surface area is 158 Å². The molecule has 0 spiro atoms. The minimum Gasteiger partial charge on any atom is -0.344 e. The summed E-state index contributed by atoms with van der Waals surface area (Å²) in [6, 6.07) is 24.2. The van der Waals surface area contributed by atoms with E-state index in [9.17, 15) is 0 Å². The summed E-state index contributed by atoms with van der Waals surface area (Å²) in [5.74, 6) is 0. The molecule has 3 rings (SSSR count). The van der Waals surface area contributed by atoms with Gasteiger partial charge in [-0.3, -0.25) is 0 Å². The van der Waals surface area contributed by atoms with Gasteiger partial charge in [0.05, 0.1) is 0 Å². The van der Waals surface area contributed by atoms with Crippen molar-refractivity contribution in [2.45, 2.75) is 40.0 Å². The number of benzene rings is 3. The maximum absolute atomic E-state index is 2.33. The van der Waals surface area contributed by atoms with Crippen molar-refractivity contribution < 1.29 is 0 Å². The van der Waals surface area contributed by atoms with E-state index in [1.807, 2.05) is 0 Å². The molecule has 1 heteroatoms. The van der Waals surface area contributed by atoms with Crippen molar-refractivity contribution in [2.24, 2.45) is 0 Å². The summed E-state index contributed by atoms with van der Waals surface area (Å²) in [6.07, 6.45) is 3.33. The summed E-state index contributed by atoms with van der Waals surface area (Å²) in [6.45, 7) is 6.71. The van der Waals surface area contributed by atoms with Crippen LogP contribution in [0, 0.1) is 6.92 Å². The van der Waals surface area contributed by atoms with Crippen molar-refractivity contribution in [3.05, 3.63) is 83.4 Å². The van der Waals surface area contributed by atoms with Gasteiger partial charge < -0.3 is 4.90 Å². The van der Waals surface area contributed by atoms with E-state index in [2.05, 4.69) is 99.4 Å². The Balaban J connectivity index is 2.08. The Bertz CT molecular complexity index is 879. The average Bonchev–Trinajstić information content (AvgIpc) is 2.68. The molecule has 1 nitrogen and oxygen atoms in total. The molecule has 0 aliphatic carbocycles. The minimum atomic E-state index is 1.04. The van der Waals surface area contributed by atoms with Gasteiger partial charge in [0.2, 0.25) is 0 Å². The van der Waals surface area contributed by atoms with E-state index in [0.717, 1.165) is 12.8 Å². The lowest BCUT2D eigenvalue weighted by molar-refractivity contribution is 0.923. The number of anilines is 2. The molecule has 0 atom stereocenters. The molecule has 0 aromatic heterocycles. The van der Waals surface area contributed by atoms with Gasteiger partial charge in [-0.2, -0.15) is 0 Å². The first kappa shape index (κ1) is 18.3. The SMILES string of the molecule is CCCc1ccccc1-c1cccc(N(C)c2ccccc2CC)c1C. The predicted octanol–water partition coefficient (Wildman–Crippen LogP) is 6.94. The second kappa shape index (κ2) is 8.23. The smallest absolute Gasteiger partial charge is 0.0444 e. The lowest BCUT2D eigenvalue weighted by Crippen LogP contribution is -2.13. The zero-order valence-corrected chi connectivity index (χ0v) is 16.4. The Kier molecular flexibility index (Phi) is 5.78. The van der Waals surface area contributed by atoms with Gasteiger partial charge in [0, 0.05) is 18.4 Å². The maximum atomic E-state index is 2.33. The molecule has 0 fully saturated rings. The number of rotatable bonds is 6. The molecule has 0 aliphatic heterocycles. The highest BCUT2D eigenvalue weighted by atomic mass is 15.1. The molecule has 0 saturated carbocycles. The van der Waals surface area contributed by atoms with E-state index >= 15 is 0 Å². The van der Waals surface area contributed by atoms with Crippen LogP contribution in [0.2, 0.25) is 0 Å². The van der Waals surface area contributed by atoms with Crippen molar-refractivity contribution in [1.82, 2.24) is 0 Å². The van der Waals surface area contributed by atoms with Crippen molar-refractivity contribution in [3.8, 4) is 11.1 Å². The number of nitrogens with zero attached hydrogens (tertiary/aromatic N) is 1. The Morgan fingerprint density at radius 2 is 1.31 bits per heavy atom. The summed E-state index contributed by atoms with van der Waals surface area (Å²) in [4.78, 5) is 2.33. The van der Waals surface area contributed by atoms with Gasteiger partial charge >= 0.3 is 0 Å². The van der Waals surface area contributed by atoms with Gasteiger partial charge in [0.25, 0.3) is 0 Å². The highest BCUT2D eigenvalue weighted by Crippen LogP contribution is 2.36. The summed E-state index contributed by atoms with van der Waals surface area (Å²) in [5.41, 5.74) is 9.42. The highest BCUT2D eigenvalue weighted by molar-refractivity contribution is 5.79. The first-order valence-corrected chi connectivity index (χ1v) is 9.66. The lowest BCUT2D eigenvalue weighted by atomic mass is 9.93. The molecule has 0 unspecified atom stereocenters. The van der Waals surface area contributed by atoms with Crippen molar-refractivity contribution in [3.63, 3.8) is 0 Å². The lowest BCUT2D eigenvalue weighted by Gasteiger charge is -2.26. The maximum Gasteiger partial charge on any atom is 0.0444 e. The zero-order valence-electron chi connectivity index (χ0n) is 16.4. The molecule has 0 bridgehead atoms. The summed E-state index contributed by atoms with van der Waals surface area (Å²) in [7, 11) is 2.18. The quantitative estimate of drug-likeness (QED) is 0.468. The summed E-state index contributed by atoms with van der Waals surface area (Å²) in [5, 5.41) is 0. The Morgan fingerprint density at radius 3 is 2.04 bits per heavy atom. The van der Waals surface area contributed by atoms with Crippen LogP contribution in [0.3, 0.4) is 0 Å². The van der Waals surface area contributed by atoms with Gasteiger partial charge in [-0.1, -0.05) is 74.9 Å². The molecular formula is C25H29N. The van der Waals surface area contributed by atoms with E-state index in [1.54, 1.807) is 0 Å². The fourth-order valence-electron chi connectivity index (χ4n) is 3.82. The molecule has 0 amide bonds. The van der Waals surface area contributed by atoms with Gasteiger partial charge in [0.15, 0.2) is 0 Å². The number of para-hydroxylation sites is 1. The number of aryl methyl sites for hydroxylation is 2. The zero-order chi connectivity index (χ0) is 18.5. The summed E-state index contributed by atoms with van der Waals surface area (Å²) >= 11 is 0. The normalized spacial score (nSPS) is 10.8. The standard InChI is InChI=1S/C25H29N/c1-5-12-21-14-7-9-15-23(21)22-16-11-18-24(19(22)3)26(4)25-17-10-8-13-20(25)6-2/h7-11,13-18H,5-6,12H2,1-4H3. The topological polar surface area (TPSA) is 3.24 Å². The largest absolute Gasteiger partial charge is 0.344 e. The summed E-state index contributed by atoms with van der Waals surface area (Å²) < 4.78 is 0. The second-order valence-electron chi connectivity index (χ2n) is 6.90. The van der Waals surface area contributed by atoms with Crippen LogP contribution >= 0.6 is 0 Å². The van der Waals surface area contributed by atoms with Crippen molar-refractivity contribution >= 4 is 11.4 Å². The fourth-order valence-corrected chi connectivity index (χ4v) is 3.82. The molecule has 134 valence electrons. The van der Waals surface area contributed by atoms with Crippen LogP contribution in [-0.2, 0) is 12.8 Å². The third-order valence-corrected chi connectivity index (χ3v) is 5.23. The molecule has 0 heterocycles. The molecule has 0 aliphatic rings. The van der Waals surface area contributed by atoms with E-state index < -0.39 is 0 Å². The van der Waals surface area contributed by atoms with E-state index in [0.29, 0.717) is 0 Å². The van der Waals surface area contributed by atoms with Crippen LogP contribution in [0.1, 0.15) is 37.0 Å². The van der Waals surface area contributed by atoms with Crippen molar-refractivity contribution in [1.29, 1.82) is 0 Å². The van der Waals surface area contributed by atoms with Gasteiger partial charge in [0.1, 0.15) is 0 Å². The third-order valence-electron chi connectivity index (χ3n) is 5.23. The van der Waals surface area contributed by atoms with Crippen LogP contribution < -0.4 is 4.90 Å². The monoisotopic (exact) mass is 343 g/mol. The van der Waals surface area contributed by atoms with Crippen LogP contribution in [0.5, 0.6) is 0 Å².